The molecule has 1 aromatic carbocycles. The van der Waals surface area contributed by atoms with Gasteiger partial charge in [-0.2, -0.15) is 0 Å². The number of nitrogens with one attached hydrogen (secondary N) is 1. The van der Waals surface area contributed by atoms with Gasteiger partial charge in [0.15, 0.2) is 0 Å². The first-order valence-corrected chi connectivity index (χ1v) is 7.23. The fourth-order valence-corrected chi connectivity index (χ4v) is 2.98. The van der Waals surface area contributed by atoms with Gasteiger partial charge < -0.3 is 11.1 Å². The predicted octanol–water partition coefficient (Wildman–Crippen LogP) is 3.76. The topological polar surface area (TPSA) is 55.1 Å². The Labute approximate surface area is 128 Å². The Morgan fingerprint density at radius 1 is 1.42 bits per heavy atom. The molecule has 1 aliphatic rings. The SMILES string of the molecule is CC(NC(=O)c1ccc(Br)cc1N)C1CCCC1.Cl. The quantitative estimate of drug-likeness (QED) is 0.818. The highest BCUT2D eigenvalue weighted by atomic mass is 79.9. The summed E-state index contributed by atoms with van der Waals surface area (Å²) in [6.45, 7) is 2.09. The predicted molar refractivity (Wildman–Crippen MR) is 84.7 cm³/mol. The fraction of sp³-hybridized carbons (Fsp3) is 0.500. The number of rotatable bonds is 3. The first-order valence-electron chi connectivity index (χ1n) is 6.44. The maximum absolute atomic E-state index is 12.1. The number of carbonyl (C=O) groups excluding carboxylic acids is 1. The van der Waals surface area contributed by atoms with E-state index in [1.54, 1.807) is 12.1 Å². The third kappa shape index (κ3) is 4.11. The molecule has 19 heavy (non-hydrogen) atoms. The lowest BCUT2D eigenvalue weighted by Crippen LogP contribution is -2.37. The highest BCUT2D eigenvalue weighted by molar-refractivity contribution is 9.10. The van der Waals surface area contributed by atoms with Crippen LogP contribution in [-0.4, -0.2) is 11.9 Å². The van der Waals surface area contributed by atoms with E-state index in [9.17, 15) is 4.79 Å². The van der Waals surface area contributed by atoms with Gasteiger partial charge in [0.1, 0.15) is 0 Å². The van der Waals surface area contributed by atoms with Crippen molar-refractivity contribution < 1.29 is 4.79 Å². The van der Waals surface area contributed by atoms with E-state index in [0.717, 1.165) is 4.47 Å². The van der Waals surface area contributed by atoms with Gasteiger partial charge in [0.2, 0.25) is 0 Å². The molecular weight excluding hydrogens is 328 g/mol. The number of benzene rings is 1. The van der Waals surface area contributed by atoms with Crippen LogP contribution in [-0.2, 0) is 0 Å². The summed E-state index contributed by atoms with van der Waals surface area (Å²) in [6.07, 6.45) is 5.01. The minimum atomic E-state index is -0.0700. The van der Waals surface area contributed by atoms with E-state index in [1.165, 1.54) is 25.7 Å². The highest BCUT2D eigenvalue weighted by Crippen LogP contribution is 2.28. The van der Waals surface area contributed by atoms with Gasteiger partial charge in [-0.25, -0.2) is 0 Å². The normalized spacial score (nSPS) is 16.7. The van der Waals surface area contributed by atoms with E-state index >= 15 is 0 Å². The molecule has 0 aromatic heterocycles. The molecule has 1 saturated carbocycles. The Balaban J connectivity index is 0.00000180. The van der Waals surface area contributed by atoms with E-state index in [-0.39, 0.29) is 24.4 Å². The molecule has 106 valence electrons. The molecule has 0 radical (unpaired) electrons. The van der Waals surface area contributed by atoms with Gasteiger partial charge in [0, 0.05) is 16.2 Å². The zero-order valence-corrected chi connectivity index (χ0v) is 13.4. The van der Waals surface area contributed by atoms with Crippen molar-refractivity contribution in [2.24, 2.45) is 5.92 Å². The maximum atomic E-state index is 12.1. The van der Waals surface area contributed by atoms with Crippen molar-refractivity contribution in [1.29, 1.82) is 0 Å². The summed E-state index contributed by atoms with van der Waals surface area (Å²) in [6, 6.07) is 5.58. The van der Waals surface area contributed by atoms with Crippen LogP contribution in [0.4, 0.5) is 5.69 Å². The van der Waals surface area contributed by atoms with E-state index < -0.39 is 0 Å². The number of anilines is 1. The second-order valence-corrected chi connectivity index (χ2v) is 5.95. The zero-order valence-electron chi connectivity index (χ0n) is 11.0. The van der Waals surface area contributed by atoms with E-state index in [4.69, 9.17) is 5.73 Å². The summed E-state index contributed by atoms with van der Waals surface area (Å²) >= 11 is 3.34. The Morgan fingerprint density at radius 2 is 2.05 bits per heavy atom. The number of amides is 1. The van der Waals surface area contributed by atoms with Crippen LogP contribution in [0.5, 0.6) is 0 Å². The minimum Gasteiger partial charge on any atom is -0.398 e. The van der Waals surface area contributed by atoms with E-state index in [0.29, 0.717) is 17.2 Å². The van der Waals surface area contributed by atoms with Gasteiger partial charge >= 0.3 is 0 Å². The monoisotopic (exact) mass is 346 g/mol. The zero-order chi connectivity index (χ0) is 13.1. The van der Waals surface area contributed by atoms with Gasteiger partial charge in [-0.15, -0.1) is 12.4 Å². The Hall–Kier alpha value is -0.740. The van der Waals surface area contributed by atoms with Gasteiger partial charge in [-0.1, -0.05) is 28.8 Å². The molecule has 0 spiro atoms. The van der Waals surface area contributed by atoms with Crippen LogP contribution in [0.25, 0.3) is 0 Å². The smallest absolute Gasteiger partial charge is 0.253 e. The van der Waals surface area contributed by atoms with Crippen molar-refractivity contribution in [3.05, 3.63) is 28.2 Å². The van der Waals surface area contributed by atoms with Gasteiger partial charge in [-0.3, -0.25) is 4.79 Å². The largest absolute Gasteiger partial charge is 0.398 e. The average molecular weight is 348 g/mol. The lowest BCUT2D eigenvalue weighted by atomic mass is 9.99. The summed E-state index contributed by atoms with van der Waals surface area (Å²) in [7, 11) is 0. The molecule has 0 saturated heterocycles. The fourth-order valence-electron chi connectivity index (χ4n) is 2.60. The third-order valence-corrected chi connectivity index (χ3v) is 4.22. The molecule has 1 unspecified atom stereocenters. The third-order valence-electron chi connectivity index (χ3n) is 3.72. The van der Waals surface area contributed by atoms with Crippen LogP contribution in [0.2, 0.25) is 0 Å². The standard InChI is InChI=1S/C14H19BrN2O.ClH/c1-9(10-4-2-3-5-10)17-14(18)12-7-6-11(15)8-13(12)16;/h6-10H,2-5,16H2,1H3,(H,17,18);1H. The summed E-state index contributed by atoms with van der Waals surface area (Å²) in [5.74, 6) is 0.546. The van der Waals surface area contributed by atoms with Crippen LogP contribution < -0.4 is 11.1 Å². The van der Waals surface area contributed by atoms with Crippen molar-refractivity contribution in [1.82, 2.24) is 5.32 Å². The molecule has 1 fully saturated rings. The van der Waals surface area contributed by atoms with Crippen molar-refractivity contribution in [3.8, 4) is 0 Å². The molecule has 1 aromatic rings. The van der Waals surface area contributed by atoms with Crippen LogP contribution >= 0.6 is 28.3 Å². The molecule has 3 N–H and O–H groups in total. The molecule has 0 aliphatic heterocycles. The molecule has 5 heteroatoms. The first-order chi connectivity index (χ1) is 8.58. The Morgan fingerprint density at radius 3 is 2.63 bits per heavy atom. The molecule has 2 rings (SSSR count). The first kappa shape index (κ1) is 16.3. The number of nitrogen functional groups attached to an aromatic ring is 1. The molecule has 1 amide bonds. The van der Waals surface area contributed by atoms with Crippen LogP contribution in [0, 0.1) is 5.92 Å². The van der Waals surface area contributed by atoms with Crippen molar-refractivity contribution in [2.75, 3.05) is 5.73 Å². The van der Waals surface area contributed by atoms with Crippen molar-refractivity contribution in [2.45, 2.75) is 38.6 Å². The second-order valence-electron chi connectivity index (χ2n) is 5.04. The maximum Gasteiger partial charge on any atom is 0.253 e. The van der Waals surface area contributed by atoms with Gasteiger partial charge in [0.25, 0.3) is 5.91 Å². The summed E-state index contributed by atoms with van der Waals surface area (Å²) in [5.41, 5.74) is 6.93. The average Bonchev–Trinajstić information content (AvgIpc) is 2.81. The van der Waals surface area contributed by atoms with Crippen LogP contribution in [0.15, 0.2) is 22.7 Å². The van der Waals surface area contributed by atoms with Gasteiger partial charge in [0.05, 0.1) is 5.56 Å². The second kappa shape index (κ2) is 7.15. The van der Waals surface area contributed by atoms with E-state index in [2.05, 4.69) is 28.2 Å². The molecule has 1 aliphatic carbocycles. The van der Waals surface area contributed by atoms with Crippen molar-refractivity contribution in [3.63, 3.8) is 0 Å². The highest BCUT2D eigenvalue weighted by Gasteiger charge is 2.23. The number of hydrogen-bond donors (Lipinski definition) is 2. The summed E-state index contributed by atoms with van der Waals surface area (Å²) in [5, 5.41) is 3.06. The number of nitrogens with two attached hydrogens (primary N) is 1. The summed E-state index contributed by atoms with van der Waals surface area (Å²) < 4.78 is 0.889. The summed E-state index contributed by atoms with van der Waals surface area (Å²) in [4.78, 5) is 12.1. The molecule has 3 nitrogen and oxygen atoms in total. The molecule has 0 heterocycles. The minimum absolute atomic E-state index is 0. The molecular formula is C14H20BrClN2O. The number of hydrogen-bond acceptors (Lipinski definition) is 2. The molecule has 1 atom stereocenters. The van der Waals surface area contributed by atoms with Gasteiger partial charge in [-0.05, 0) is 43.9 Å². The Bertz CT molecular complexity index is 447. The van der Waals surface area contributed by atoms with Crippen LogP contribution in [0.1, 0.15) is 43.0 Å². The lowest BCUT2D eigenvalue weighted by Gasteiger charge is -2.20. The van der Waals surface area contributed by atoms with Crippen molar-refractivity contribution >= 4 is 39.9 Å². The number of halogens is 2. The lowest BCUT2D eigenvalue weighted by molar-refractivity contribution is 0.0928. The number of carbonyl (C=O) groups is 1. The van der Waals surface area contributed by atoms with E-state index in [1.807, 2.05) is 6.07 Å². The van der Waals surface area contributed by atoms with Crippen LogP contribution in [0.3, 0.4) is 0 Å². The molecule has 0 bridgehead atoms. The Kier molecular flexibility index (Phi) is 6.14.